The minimum Gasteiger partial charge on any atom is -0.497 e. The third-order valence-corrected chi connectivity index (χ3v) is 3.32. The Balaban J connectivity index is 1.70. The summed E-state index contributed by atoms with van der Waals surface area (Å²) in [6.07, 6.45) is 3.36. The van der Waals surface area contributed by atoms with Crippen molar-refractivity contribution in [1.82, 2.24) is 15.1 Å². The second kappa shape index (κ2) is 8.51. The van der Waals surface area contributed by atoms with Gasteiger partial charge in [-0.05, 0) is 24.1 Å². The van der Waals surface area contributed by atoms with Crippen LogP contribution in [0.4, 0.5) is 5.69 Å². The number of benzene rings is 1. The maximum Gasteiger partial charge on any atom is 0.306 e. The number of ether oxygens (including phenoxy) is 1. The number of nitrogens with zero attached hydrogens (tertiary/aromatic N) is 4. The van der Waals surface area contributed by atoms with Crippen molar-refractivity contribution >= 4 is 11.6 Å². The first-order valence-electron chi connectivity index (χ1n) is 7.42. The molecule has 2 aromatic rings. The van der Waals surface area contributed by atoms with Gasteiger partial charge in [0, 0.05) is 13.1 Å². The van der Waals surface area contributed by atoms with Crippen LogP contribution in [0, 0.1) is 10.1 Å². The van der Waals surface area contributed by atoms with Crippen LogP contribution in [0.2, 0.25) is 0 Å². The fraction of sp³-hybridized carbons (Fsp3) is 0.333. The van der Waals surface area contributed by atoms with E-state index in [0.29, 0.717) is 25.6 Å². The molecule has 0 aliphatic rings. The Morgan fingerprint density at radius 1 is 1.46 bits per heavy atom. The van der Waals surface area contributed by atoms with Gasteiger partial charge in [0.25, 0.3) is 0 Å². The van der Waals surface area contributed by atoms with E-state index in [0.717, 1.165) is 17.7 Å². The second-order valence-electron chi connectivity index (χ2n) is 5.01. The lowest BCUT2D eigenvalue weighted by Crippen LogP contribution is -2.34. The Morgan fingerprint density at radius 2 is 2.21 bits per heavy atom. The van der Waals surface area contributed by atoms with Crippen LogP contribution in [-0.2, 0) is 13.0 Å². The highest BCUT2D eigenvalue weighted by Gasteiger charge is 2.07. The van der Waals surface area contributed by atoms with Crippen LogP contribution >= 0.6 is 0 Å². The average Bonchev–Trinajstić information content (AvgIpc) is 3.05. The maximum absolute atomic E-state index is 10.6. The third-order valence-electron chi connectivity index (χ3n) is 3.32. The van der Waals surface area contributed by atoms with Crippen molar-refractivity contribution in [2.45, 2.75) is 13.0 Å². The second-order valence-corrected chi connectivity index (χ2v) is 5.01. The van der Waals surface area contributed by atoms with Crippen molar-refractivity contribution in [2.24, 2.45) is 10.7 Å². The molecule has 9 heteroatoms. The van der Waals surface area contributed by atoms with Crippen LogP contribution in [0.5, 0.6) is 5.75 Å². The molecule has 9 nitrogen and oxygen atoms in total. The molecular formula is C15H20N6O3. The maximum atomic E-state index is 10.6. The van der Waals surface area contributed by atoms with Gasteiger partial charge in [-0.3, -0.25) is 19.8 Å². The Kier molecular flexibility index (Phi) is 6.12. The van der Waals surface area contributed by atoms with Gasteiger partial charge in [0.2, 0.25) is 0 Å². The van der Waals surface area contributed by atoms with Crippen molar-refractivity contribution in [3.05, 3.63) is 52.3 Å². The zero-order valence-corrected chi connectivity index (χ0v) is 13.4. The van der Waals surface area contributed by atoms with Crippen molar-refractivity contribution in [3.63, 3.8) is 0 Å². The van der Waals surface area contributed by atoms with E-state index in [4.69, 9.17) is 10.5 Å². The number of nitro groups is 1. The molecule has 0 unspecified atom stereocenters. The van der Waals surface area contributed by atoms with Gasteiger partial charge in [-0.25, -0.2) is 0 Å². The molecule has 128 valence electrons. The number of aromatic nitrogens is 2. The van der Waals surface area contributed by atoms with E-state index in [9.17, 15) is 10.1 Å². The smallest absolute Gasteiger partial charge is 0.306 e. The molecule has 0 saturated carbocycles. The first-order chi connectivity index (χ1) is 11.6. The van der Waals surface area contributed by atoms with Gasteiger partial charge >= 0.3 is 5.69 Å². The summed E-state index contributed by atoms with van der Waals surface area (Å²) in [6, 6.07) is 7.79. The predicted octanol–water partition coefficient (Wildman–Crippen LogP) is 0.947. The number of guanidine groups is 1. The van der Waals surface area contributed by atoms with Crippen molar-refractivity contribution in [3.8, 4) is 5.75 Å². The van der Waals surface area contributed by atoms with Crippen molar-refractivity contribution in [2.75, 3.05) is 20.2 Å². The molecule has 0 atom stereocenters. The van der Waals surface area contributed by atoms with E-state index in [2.05, 4.69) is 15.4 Å². The van der Waals surface area contributed by atoms with Crippen LogP contribution in [0.3, 0.4) is 0 Å². The molecule has 1 heterocycles. The highest BCUT2D eigenvalue weighted by molar-refractivity contribution is 5.77. The first-order valence-corrected chi connectivity index (χ1v) is 7.42. The van der Waals surface area contributed by atoms with Gasteiger partial charge in [-0.2, -0.15) is 5.10 Å². The Labute approximate surface area is 139 Å². The minimum atomic E-state index is -0.480. The number of nitrogens with one attached hydrogen (secondary N) is 1. The van der Waals surface area contributed by atoms with Crippen molar-refractivity contribution in [1.29, 1.82) is 0 Å². The molecule has 0 amide bonds. The first kappa shape index (κ1) is 17.3. The minimum absolute atomic E-state index is 0.0314. The number of aliphatic imine (C=N–C) groups is 1. The van der Waals surface area contributed by atoms with E-state index in [-0.39, 0.29) is 5.69 Å². The number of hydrogen-bond acceptors (Lipinski definition) is 5. The highest BCUT2D eigenvalue weighted by atomic mass is 16.6. The van der Waals surface area contributed by atoms with Crippen LogP contribution in [-0.4, -0.2) is 40.9 Å². The normalized spacial score (nSPS) is 11.3. The number of methoxy groups -OCH3 is 1. The van der Waals surface area contributed by atoms with Crippen molar-refractivity contribution < 1.29 is 9.66 Å². The predicted molar refractivity (Wildman–Crippen MR) is 90.1 cm³/mol. The van der Waals surface area contributed by atoms with E-state index < -0.39 is 4.92 Å². The van der Waals surface area contributed by atoms with Gasteiger partial charge in [-0.1, -0.05) is 12.1 Å². The van der Waals surface area contributed by atoms with Gasteiger partial charge in [-0.15, -0.1) is 0 Å². The molecule has 0 spiro atoms. The molecular weight excluding hydrogens is 312 g/mol. The molecule has 1 aromatic heterocycles. The molecule has 1 aromatic carbocycles. The summed E-state index contributed by atoms with van der Waals surface area (Å²) in [5, 5.41) is 17.4. The molecule has 2 rings (SSSR count). The third kappa shape index (κ3) is 5.27. The fourth-order valence-electron chi connectivity index (χ4n) is 2.02. The largest absolute Gasteiger partial charge is 0.497 e. The Morgan fingerprint density at radius 3 is 2.83 bits per heavy atom. The summed E-state index contributed by atoms with van der Waals surface area (Å²) < 4.78 is 6.59. The van der Waals surface area contributed by atoms with Gasteiger partial charge < -0.3 is 15.8 Å². The number of hydrogen-bond donors (Lipinski definition) is 2. The molecule has 0 saturated heterocycles. The molecule has 24 heavy (non-hydrogen) atoms. The standard InChI is InChI=1S/C15H20N6O3/c1-24-14-4-2-12(3-5-14)6-7-17-15(16)18-8-9-20-11-13(10-19-20)21(22)23/h2-5,10-11H,6-9H2,1H3,(H3,16,17,18). The highest BCUT2D eigenvalue weighted by Crippen LogP contribution is 2.11. The lowest BCUT2D eigenvalue weighted by atomic mass is 10.1. The summed E-state index contributed by atoms with van der Waals surface area (Å²) in [4.78, 5) is 14.3. The summed E-state index contributed by atoms with van der Waals surface area (Å²) in [7, 11) is 1.63. The zero-order chi connectivity index (χ0) is 17.4. The summed E-state index contributed by atoms with van der Waals surface area (Å²) in [6.45, 7) is 1.51. The lowest BCUT2D eigenvalue weighted by molar-refractivity contribution is -0.385. The van der Waals surface area contributed by atoms with Crippen LogP contribution in [0.25, 0.3) is 0 Å². The van der Waals surface area contributed by atoms with Crippen LogP contribution in [0.15, 0.2) is 41.7 Å². The van der Waals surface area contributed by atoms with E-state index in [1.165, 1.54) is 17.1 Å². The lowest BCUT2D eigenvalue weighted by Gasteiger charge is -2.06. The van der Waals surface area contributed by atoms with Gasteiger partial charge in [0.15, 0.2) is 5.96 Å². The van der Waals surface area contributed by atoms with Crippen LogP contribution in [0.1, 0.15) is 5.56 Å². The van der Waals surface area contributed by atoms with Gasteiger partial charge in [0.1, 0.15) is 18.1 Å². The SMILES string of the molecule is COc1ccc(CCN=C(N)NCCn2cc([N+](=O)[O-])cn2)cc1. The summed E-state index contributed by atoms with van der Waals surface area (Å²) in [5.74, 6) is 1.16. The fourth-order valence-corrected chi connectivity index (χ4v) is 2.02. The monoisotopic (exact) mass is 332 g/mol. The summed E-state index contributed by atoms with van der Waals surface area (Å²) >= 11 is 0. The Bertz CT molecular complexity index is 695. The van der Waals surface area contributed by atoms with Crippen LogP contribution < -0.4 is 15.8 Å². The molecule has 0 radical (unpaired) electrons. The van der Waals surface area contributed by atoms with E-state index in [1.54, 1.807) is 7.11 Å². The van der Waals surface area contributed by atoms with E-state index >= 15 is 0 Å². The zero-order valence-electron chi connectivity index (χ0n) is 13.4. The Hall–Kier alpha value is -3.10. The van der Waals surface area contributed by atoms with E-state index in [1.807, 2.05) is 24.3 Å². The number of nitrogens with two attached hydrogens (primary N) is 1. The topological polar surface area (TPSA) is 121 Å². The molecule has 0 aliphatic heterocycles. The van der Waals surface area contributed by atoms with Gasteiger partial charge in [0.05, 0.1) is 18.6 Å². The molecule has 0 bridgehead atoms. The quantitative estimate of drug-likeness (QED) is 0.321. The average molecular weight is 332 g/mol. The summed E-state index contributed by atoms with van der Waals surface area (Å²) in [5.41, 5.74) is 6.90. The molecule has 3 N–H and O–H groups in total. The number of rotatable bonds is 8. The molecule has 0 aliphatic carbocycles. The molecule has 0 fully saturated rings.